The summed E-state index contributed by atoms with van der Waals surface area (Å²) in [5.74, 6) is -0.640. The van der Waals surface area contributed by atoms with Gasteiger partial charge < -0.3 is 35.2 Å². The molecule has 5 atom stereocenters. The molecule has 0 bridgehead atoms. The first kappa shape index (κ1) is 26.6. The van der Waals surface area contributed by atoms with E-state index in [0.717, 1.165) is 30.4 Å². The molecular formula is C18H27ClN5O9PS. The van der Waals surface area contributed by atoms with E-state index in [4.69, 9.17) is 16.3 Å². The molecule has 3 heterocycles. The Kier molecular flexibility index (Phi) is 7.21. The molecule has 0 radical (unpaired) electrons. The molecule has 1 aliphatic carbocycles. The van der Waals surface area contributed by atoms with Gasteiger partial charge in [0.1, 0.15) is 24.1 Å². The molecular weight excluding hydrogens is 529 g/mol. The van der Waals surface area contributed by atoms with Crippen molar-refractivity contribution in [1.82, 2.24) is 19.7 Å². The number of aliphatic hydroxyl groups is 3. The Bertz CT molecular complexity index is 1250. The Morgan fingerprint density at radius 3 is 2.51 bits per heavy atom. The fourth-order valence-electron chi connectivity index (χ4n) is 4.30. The van der Waals surface area contributed by atoms with E-state index in [9.17, 15) is 38.1 Å². The van der Waals surface area contributed by atoms with Crippen LogP contribution in [0.1, 0.15) is 38.8 Å². The molecule has 2 fully saturated rings. The lowest BCUT2D eigenvalue weighted by Gasteiger charge is -2.29. The van der Waals surface area contributed by atoms with Gasteiger partial charge in [-0.3, -0.25) is 4.57 Å². The zero-order chi connectivity index (χ0) is 25.8. The lowest BCUT2D eigenvalue weighted by Crippen LogP contribution is -2.45. The summed E-state index contributed by atoms with van der Waals surface area (Å²) in [6.45, 7) is -0.651. The molecule has 1 aliphatic heterocycles. The van der Waals surface area contributed by atoms with Gasteiger partial charge in [-0.25, -0.2) is 13.1 Å². The second-order valence-corrected chi connectivity index (χ2v) is 14.2. The molecule has 196 valence electrons. The van der Waals surface area contributed by atoms with E-state index in [1.54, 1.807) is 0 Å². The van der Waals surface area contributed by atoms with Gasteiger partial charge in [0.2, 0.25) is 5.28 Å². The topological polar surface area (TPSA) is 217 Å². The normalized spacial score (nSPS) is 28.0. The number of aromatic nitrogens is 4. The zero-order valence-corrected chi connectivity index (χ0v) is 21.1. The Balaban J connectivity index is 1.63. The molecule has 2 aromatic rings. The highest BCUT2D eigenvalue weighted by atomic mass is 35.5. The average Bonchev–Trinajstić information content (AvgIpc) is 3.49. The number of halogens is 1. The number of hydrogen-bond acceptors (Lipinski definition) is 11. The van der Waals surface area contributed by atoms with Crippen molar-refractivity contribution in [3.05, 3.63) is 11.5 Å². The summed E-state index contributed by atoms with van der Waals surface area (Å²) in [4.78, 5) is 27.4. The predicted octanol–water partition coefficient (Wildman–Crippen LogP) is -0.246. The smallest absolute Gasteiger partial charge is 0.348 e. The van der Waals surface area contributed by atoms with E-state index in [0.29, 0.717) is 18.1 Å². The SMILES string of the molecule is CC(CO)(P(=O)(O)O)S(=O)(=O)C[C@H]1O[C@@H](n2ncc3c(NC4CCCC4)nc(Cl)nc32)[C@H](O)[C@@H]1O. The third-order valence-corrected chi connectivity index (χ3v) is 12.0. The van der Waals surface area contributed by atoms with Crippen LogP contribution < -0.4 is 5.32 Å². The summed E-state index contributed by atoms with van der Waals surface area (Å²) in [5, 5.41) is 38.4. The number of aliphatic hydroxyl groups excluding tert-OH is 3. The molecule has 1 saturated heterocycles. The van der Waals surface area contributed by atoms with Crippen molar-refractivity contribution < 1.29 is 42.8 Å². The molecule has 2 aliphatic rings. The summed E-state index contributed by atoms with van der Waals surface area (Å²) in [6, 6.07) is 0.201. The van der Waals surface area contributed by atoms with Crippen LogP contribution in [-0.2, 0) is 19.1 Å². The average molecular weight is 556 g/mol. The highest BCUT2D eigenvalue weighted by Crippen LogP contribution is 2.54. The number of nitrogens with one attached hydrogen (secondary N) is 1. The summed E-state index contributed by atoms with van der Waals surface area (Å²) >= 11 is 6.10. The number of hydrogen-bond donors (Lipinski definition) is 6. The van der Waals surface area contributed by atoms with Crippen molar-refractivity contribution in [2.24, 2.45) is 0 Å². The molecule has 2 aromatic heterocycles. The van der Waals surface area contributed by atoms with Crippen molar-refractivity contribution in [3.63, 3.8) is 0 Å². The maximum absolute atomic E-state index is 12.8. The van der Waals surface area contributed by atoms with Crippen LogP contribution >= 0.6 is 19.2 Å². The van der Waals surface area contributed by atoms with Crippen LogP contribution in [0, 0.1) is 0 Å². The minimum Gasteiger partial charge on any atom is -0.394 e. The van der Waals surface area contributed by atoms with Gasteiger partial charge in [-0.1, -0.05) is 12.8 Å². The van der Waals surface area contributed by atoms with E-state index in [1.807, 2.05) is 0 Å². The van der Waals surface area contributed by atoms with Crippen LogP contribution in [-0.4, -0.2) is 94.5 Å². The van der Waals surface area contributed by atoms with Crippen LogP contribution in [0.2, 0.25) is 5.28 Å². The third kappa shape index (κ3) is 4.69. The summed E-state index contributed by atoms with van der Waals surface area (Å²) < 4.78 is 41.3. The molecule has 1 unspecified atom stereocenters. The number of anilines is 1. The molecule has 14 nitrogen and oxygen atoms in total. The fraction of sp³-hybridized carbons (Fsp3) is 0.722. The minimum absolute atomic E-state index is 0.104. The van der Waals surface area contributed by atoms with Gasteiger partial charge in [-0.05, 0) is 31.4 Å². The number of nitrogens with zero attached hydrogens (tertiary/aromatic N) is 4. The number of sulfone groups is 1. The summed E-state index contributed by atoms with van der Waals surface area (Å²) in [6.07, 6.45) is -0.853. The Morgan fingerprint density at radius 1 is 1.26 bits per heavy atom. The molecule has 4 rings (SSSR count). The standard InChI is InChI=1S/C18H27ClN5O9PS/c1-18(8-25,34(28,29)30)35(31,32)7-11-12(26)13(27)16(33-11)24-15-10(6-20-24)14(22-17(19)23-15)21-9-4-2-3-5-9/h6,9,11-13,16,25-27H,2-5,7-8H2,1H3,(H,21,22,23)(H2,28,29,30)/t11-,12-,13-,16-,18?/m1/s1. The van der Waals surface area contributed by atoms with E-state index < -0.39 is 58.8 Å². The molecule has 17 heteroatoms. The van der Waals surface area contributed by atoms with Gasteiger partial charge >= 0.3 is 7.60 Å². The maximum Gasteiger partial charge on any atom is 0.348 e. The minimum atomic E-state index is -5.31. The Morgan fingerprint density at radius 2 is 1.91 bits per heavy atom. The van der Waals surface area contributed by atoms with Gasteiger partial charge in [0.05, 0.1) is 23.9 Å². The van der Waals surface area contributed by atoms with Gasteiger partial charge in [0, 0.05) is 6.04 Å². The lowest BCUT2D eigenvalue weighted by molar-refractivity contribution is -0.0365. The monoisotopic (exact) mass is 555 g/mol. The Hall–Kier alpha value is -1.42. The number of rotatable bonds is 8. The third-order valence-electron chi connectivity index (χ3n) is 6.66. The van der Waals surface area contributed by atoms with Gasteiger partial charge in [0.15, 0.2) is 26.2 Å². The Labute approximate surface area is 205 Å². The van der Waals surface area contributed by atoms with Gasteiger partial charge in [0.25, 0.3) is 0 Å². The van der Waals surface area contributed by atoms with Crippen molar-refractivity contribution in [3.8, 4) is 0 Å². The van der Waals surface area contributed by atoms with Crippen LogP contribution in [0.25, 0.3) is 11.0 Å². The molecule has 1 saturated carbocycles. The van der Waals surface area contributed by atoms with Crippen LogP contribution in [0.15, 0.2) is 6.20 Å². The predicted molar refractivity (Wildman–Crippen MR) is 123 cm³/mol. The lowest BCUT2D eigenvalue weighted by atomic mass is 10.1. The largest absolute Gasteiger partial charge is 0.394 e. The van der Waals surface area contributed by atoms with Crippen LogP contribution in [0.3, 0.4) is 0 Å². The molecule has 0 amide bonds. The van der Waals surface area contributed by atoms with Crippen molar-refractivity contribution in [2.45, 2.75) is 67.7 Å². The van der Waals surface area contributed by atoms with Crippen LogP contribution in [0.5, 0.6) is 0 Å². The second-order valence-electron chi connectivity index (χ2n) is 9.00. The fourth-order valence-corrected chi connectivity index (χ4v) is 7.58. The number of ether oxygens (including phenoxy) is 1. The van der Waals surface area contributed by atoms with E-state index >= 15 is 0 Å². The first-order valence-corrected chi connectivity index (χ1v) is 14.5. The van der Waals surface area contributed by atoms with E-state index in [2.05, 4.69) is 20.4 Å². The molecule has 35 heavy (non-hydrogen) atoms. The first-order chi connectivity index (χ1) is 16.3. The van der Waals surface area contributed by atoms with Gasteiger partial charge in [-0.15, -0.1) is 0 Å². The summed E-state index contributed by atoms with van der Waals surface area (Å²) in [7, 11) is -10.0. The number of fused-ring (bicyclic) bond motifs is 1. The molecule has 0 spiro atoms. The molecule has 0 aromatic carbocycles. The van der Waals surface area contributed by atoms with Crippen LogP contribution in [0.4, 0.5) is 5.82 Å². The highest BCUT2D eigenvalue weighted by molar-refractivity contribution is 7.99. The summed E-state index contributed by atoms with van der Waals surface area (Å²) in [5.41, 5.74) is 0.167. The zero-order valence-electron chi connectivity index (χ0n) is 18.6. The quantitative estimate of drug-likeness (QED) is 0.183. The van der Waals surface area contributed by atoms with Crippen molar-refractivity contribution in [1.29, 1.82) is 0 Å². The second kappa shape index (κ2) is 9.47. The van der Waals surface area contributed by atoms with Crippen molar-refractivity contribution >= 4 is 45.9 Å². The van der Waals surface area contributed by atoms with Gasteiger partial charge in [-0.2, -0.15) is 15.1 Å². The molecule has 6 N–H and O–H groups in total. The van der Waals surface area contributed by atoms with E-state index in [-0.39, 0.29) is 17.0 Å². The van der Waals surface area contributed by atoms with Crippen molar-refractivity contribution in [2.75, 3.05) is 17.7 Å². The highest BCUT2D eigenvalue weighted by Gasteiger charge is 2.56. The maximum atomic E-state index is 12.8. The van der Waals surface area contributed by atoms with E-state index in [1.165, 1.54) is 6.20 Å². The first-order valence-electron chi connectivity index (χ1n) is 10.9.